The molecule has 9 rings (SSSR count). The first-order valence-electron chi connectivity index (χ1n) is 17.5. The number of fused-ring (bicyclic) bond motifs is 4. The summed E-state index contributed by atoms with van der Waals surface area (Å²) in [6.07, 6.45) is 10.4. The van der Waals surface area contributed by atoms with Gasteiger partial charge in [-0.3, -0.25) is 9.59 Å². The van der Waals surface area contributed by atoms with E-state index in [4.69, 9.17) is 25.7 Å². The van der Waals surface area contributed by atoms with Crippen molar-refractivity contribution in [3.8, 4) is 23.3 Å². The molecule has 2 saturated carbocycles. The Kier molecular flexibility index (Phi) is 7.31. The van der Waals surface area contributed by atoms with Crippen molar-refractivity contribution in [3.05, 3.63) is 65.9 Å². The number of hydrogen-bond acceptors (Lipinski definition) is 9. The van der Waals surface area contributed by atoms with Gasteiger partial charge in [0.2, 0.25) is 5.82 Å². The van der Waals surface area contributed by atoms with E-state index in [0.717, 1.165) is 47.5 Å². The van der Waals surface area contributed by atoms with Gasteiger partial charge in [-0.15, -0.1) is 0 Å². The van der Waals surface area contributed by atoms with Crippen molar-refractivity contribution in [3.63, 3.8) is 0 Å². The van der Waals surface area contributed by atoms with Crippen molar-refractivity contribution in [1.29, 1.82) is 5.26 Å². The molecule has 6 heterocycles. The standard InChI is InChI=1S/C37H38N10O3/c1-50-30-15-24(37(49)46-20-23-6-7-28(46)32(23)39)13-27-33(30)47(26-8-11-44(12-9-26)36(48)25-17-41-31(16-38)42-18-25)35(43-27)29-14-22-3-2-10-40-34(22)45(29)19-21-4-5-21/h2-3,10,13-15,17-18,21,23,26,28,32H,4-9,11-12,19-20,39H2,1H3/t23?,28?,32-/m1/s1. The van der Waals surface area contributed by atoms with Gasteiger partial charge in [-0.1, -0.05) is 0 Å². The maximum Gasteiger partial charge on any atom is 0.256 e. The van der Waals surface area contributed by atoms with Crippen molar-refractivity contribution in [1.82, 2.24) is 38.9 Å². The number of amides is 2. The number of piperidine rings is 2. The number of rotatable bonds is 7. The molecule has 2 aliphatic heterocycles. The molecule has 0 radical (unpaired) electrons. The molecule has 3 atom stereocenters. The van der Waals surface area contributed by atoms with E-state index < -0.39 is 0 Å². The van der Waals surface area contributed by atoms with Crippen LogP contribution in [0.15, 0.2) is 48.9 Å². The van der Waals surface area contributed by atoms with Gasteiger partial charge in [0, 0.05) is 73.8 Å². The van der Waals surface area contributed by atoms with Crippen LogP contribution in [0.4, 0.5) is 0 Å². The number of pyridine rings is 1. The minimum atomic E-state index is -0.157. The summed E-state index contributed by atoms with van der Waals surface area (Å²) in [5, 5.41) is 10.1. The number of benzene rings is 1. The number of nitrogens with two attached hydrogens (primary N) is 1. The van der Waals surface area contributed by atoms with Gasteiger partial charge in [-0.25, -0.2) is 19.9 Å². The Hall–Kier alpha value is -5.35. The summed E-state index contributed by atoms with van der Waals surface area (Å²) in [6, 6.07) is 12.0. The highest BCUT2D eigenvalue weighted by atomic mass is 16.5. The van der Waals surface area contributed by atoms with E-state index in [-0.39, 0.29) is 35.8 Å². The lowest BCUT2D eigenvalue weighted by atomic mass is 10.0. The number of carbonyl (C=O) groups is 2. The number of nitrogens with zero attached hydrogens (tertiary/aromatic N) is 9. The van der Waals surface area contributed by atoms with Crippen LogP contribution < -0.4 is 10.5 Å². The van der Waals surface area contributed by atoms with Crippen LogP contribution in [0.3, 0.4) is 0 Å². The molecule has 2 bridgehead atoms. The zero-order valence-corrected chi connectivity index (χ0v) is 27.9. The van der Waals surface area contributed by atoms with Crippen LogP contribution in [0.25, 0.3) is 33.6 Å². The summed E-state index contributed by atoms with van der Waals surface area (Å²) < 4.78 is 10.6. The van der Waals surface area contributed by atoms with E-state index in [1.54, 1.807) is 7.11 Å². The number of nitriles is 1. The van der Waals surface area contributed by atoms with Gasteiger partial charge in [0.1, 0.15) is 23.0 Å². The van der Waals surface area contributed by atoms with Crippen LogP contribution in [0.2, 0.25) is 0 Å². The molecule has 2 N–H and O–H groups in total. The number of ether oxygens (including phenoxy) is 1. The number of likely N-dealkylation sites (tertiary alicyclic amines) is 2. The van der Waals surface area contributed by atoms with E-state index in [2.05, 4.69) is 31.2 Å². The first-order chi connectivity index (χ1) is 24.4. The maximum atomic E-state index is 14.0. The van der Waals surface area contributed by atoms with E-state index in [1.807, 2.05) is 40.3 Å². The minimum absolute atomic E-state index is 0.000576. The molecule has 13 heteroatoms. The van der Waals surface area contributed by atoms with Crippen LogP contribution in [-0.2, 0) is 6.54 Å². The monoisotopic (exact) mass is 670 g/mol. The summed E-state index contributed by atoms with van der Waals surface area (Å²) >= 11 is 0. The Morgan fingerprint density at radius 3 is 2.48 bits per heavy atom. The average molecular weight is 671 g/mol. The Morgan fingerprint density at radius 1 is 1.00 bits per heavy atom. The fraction of sp³-hybridized carbons (Fsp3) is 0.432. The van der Waals surface area contributed by atoms with Gasteiger partial charge in [0.25, 0.3) is 11.8 Å². The third-order valence-electron chi connectivity index (χ3n) is 11.3. The molecule has 254 valence electrons. The number of imidazole rings is 1. The molecule has 4 fully saturated rings. The van der Waals surface area contributed by atoms with Gasteiger partial charge >= 0.3 is 0 Å². The highest BCUT2D eigenvalue weighted by Gasteiger charge is 2.47. The van der Waals surface area contributed by atoms with Crippen molar-refractivity contribution < 1.29 is 14.3 Å². The van der Waals surface area contributed by atoms with Crippen LogP contribution in [-0.4, -0.2) is 89.5 Å². The molecular formula is C37H38N10O3. The van der Waals surface area contributed by atoms with Crippen LogP contribution in [0, 0.1) is 23.2 Å². The molecule has 4 aromatic heterocycles. The fourth-order valence-corrected chi connectivity index (χ4v) is 8.48. The molecule has 1 aromatic carbocycles. The van der Waals surface area contributed by atoms with Gasteiger partial charge in [-0.05, 0) is 80.7 Å². The first-order valence-corrected chi connectivity index (χ1v) is 17.5. The molecule has 2 amide bonds. The lowest BCUT2D eigenvalue weighted by Gasteiger charge is -2.34. The second-order valence-corrected chi connectivity index (χ2v) is 14.2. The van der Waals surface area contributed by atoms with E-state index >= 15 is 0 Å². The molecule has 4 aliphatic rings. The Morgan fingerprint density at radius 2 is 1.80 bits per heavy atom. The Labute approximate surface area is 288 Å². The van der Waals surface area contributed by atoms with Crippen LogP contribution in [0.5, 0.6) is 5.75 Å². The van der Waals surface area contributed by atoms with E-state index in [1.165, 1.54) is 25.2 Å². The first kappa shape index (κ1) is 30.7. The number of aromatic nitrogens is 6. The molecule has 5 aromatic rings. The highest BCUT2D eigenvalue weighted by Crippen LogP contribution is 2.42. The lowest BCUT2D eigenvalue weighted by Crippen LogP contribution is -2.41. The topological polar surface area (TPSA) is 161 Å². The summed E-state index contributed by atoms with van der Waals surface area (Å²) in [4.78, 5) is 49.3. The third-order valence-corrected chi connectivity index (χ3v) is 11.3. The zero-order valence-electron chi connectivity index (χ0n) is 27.9. The molecule has 50 heavy (non-hydrogen) atoms. The van der Waals surface area contributed by atoms with Crippen LogP contribution in [0.1, 0.15) is 71.1 Å². The number of hydrogen-bond donors (Lipinski definition) is 1. The summed E-state index contributed by atoms with van der Waals surface area (Å²) in [5.74, 6) is 2.19. The Bertz CT molecular complexity index is 2190. The second kappa shape index (κ2) is 11.9. The summed E-state index contributed by atoms with van der Waals surface area (Å²) in [7, 11) is 1.64. The number of carbonyl (C=O) groups excluding carboxylic acids is 2. The zero-order chi connectivity index (χ0) is 34.1. The predicted octanol–water partition coefficient (Wildman–Crippen LogP) is 4.17. The maximum absolute atomic E-state index is 14.0. The van der Waals surface area contributed by atoms with Crippen LogP contribution >= 0.6 is 0 Å². The lowest BCUT2D eigenvalue weighted by molar-refractivity contribution is 0.0690. The van der Waals surface area contributed by atoms with Crippen molar-refractivity contribution in [2.24, 2.45) is 17.6 Å². The quantitative estimate of drug-likeness (QED) is 0.268. The third kappa shape index (κ3) is 5.00. The predicted molar refractivity (Wildman–Crippen MR) is 184 cm³/mol. The van der Waals surface area contributed by atoms with Crippen molar-refractivity contribution in [2.45, 2.75) is 63.2 Å². The SMILES string of the molecule is COc1cc(C(=O)N2CC3CCC2[C@@H]3N)cc2nc(-c3cc4cccnc4n3CC3CC3)n(C3CCN(C(=O)c4cnc(C#N)nc4)CC3)c12. The molecule has 2 aliphatic carbocycles. The fourth-order valence-electron chi connectivity index (χ4n) is 8.48. The molecule has 13 nitrogen and oxygen atoms in total. The molecule has 2 saturated heterocycles. The van der Waals surface area contributed by atoms with Crippen molar-refractivity contribution >= 4 is 33.9 Å². The number of methoxy groups -OCH3 is 1. The molecule has 0 spiro atoms. The minimum Gasteiger partial charge on any atom is -0.494 e. The Balaban J connectivity index is 1.13. The average Bonchev–Trinajstić information content (AvgIpc) is 3.49. The summed E-state index contributed by atoms with van der Waals surface area (Å²) in [5.41, 5.74) is 10.8. The van der Waals surface area contributed by atoms with Crippen molar-refractivity contribution in [2.75, 3.05) is 26.7 Å². The van der Waals surface area contributed by atoms with Gasteiger partial charge in [0.05, 0.1) is 23.9 Å². The smallest absolute Gasteiger partial charge is 0.256 e. The van der Waals surface area contributed by atoms with E-state index in [0.29, 0.717) is 66.7 Å². The van der Waals surface area contributed by atoms with E-state index in [9.17, 15) is 9.59 Å². The van der Waals surface area contributed by atoms with Gasteiger partial charge < -0.3 is 29.4 Å². The van der Waals surface area contributed by atoms with Gasteiger partial charge in [-0.2, -0.15) is 5.26 Å². The molecule has 2 unspecified atom stereocenters. The largest absolute Gasteiger partial charge is 0.494 e. The summed E-state index contributed by atoms with van der Waals surface area (Å²) in [6.45, 7) is 2.58. The second-order valence-electron chi connectivity index (χ2n) is 14.2. The normalized spacial score (nSPS) is 22.1. The highest BCUT2D eigenvalue weighted by molar-refractivity contribution is 6.00. The van der Waals surface area contributed by atoms with Gasteiger partial charge in [0.15, 0.2) is 5.82 Å². The molecular weight excluding hydrogens is 632 g/mol.